The Kier molecular flexibility index (Phi) is 7.98. The summed E-state index contributed by atoms with van der Waals surface area (Å²) in [5.41, 5.74) is 2.84. The summed E-state index contributed by atoms with van der Waals surface area (Å²) in [4.78, 5) is 5.02. The zero-order chi connectivity index (χ0) is 21.3. The number of fused-ring (bicyclic) bond motifs is 1. The molecule has 1 saturated heterocycles. The fraction of sp³-hybridized carbons (Fsp3) is 0.429. The van der Waals surface area contributed by atoms with Gasteiger partial charge in [-0.15, -0.1) is 0 Å². The van der Waals surface area contributed by atoms with E-state index >= 15 is 0 Å². The van der Waals surface area contributed by atoms with Crippen LogP contribution in [0.3, 0.4) is 0 Å². The maximum Gasteiger partial charge on any atom is 0.119 e. The van der Waals surface area contributed by atoms with E-state index in [0.29, 0.717) is 0 Å². The molecule has 164 valence electrons. The van der Waals surface area contributed by atoms with Gasteiger partial charge < -0.3 is 9.64 Å². The highest BCUT2D eigenvalue weighted by Gasteiger charge is 2.12. The SMILES string of the molecule is CN1CCCN(Cc2ccc3cc(OCCCCCc4ccccc4)ccc3c2)CC1. The van der Waals surface area contributed by atoms with Crippen LogP contribution in [0.25, 0.3) is 10.8 Å². The van der Waals surface area contributed by atoms with Crippen LogP contribution in [0.1, 0.15) is 36.8 Å². The molecule has 0 aliphatic carbocycles. The van der Waals surface area contributed by atoms with Gasteiger partial charge in [0.15, 0.2) is 0 Å². The van der Waals surface area contributed by atoms with E-state index < -0.39 is 0 Å². The van der Waals surface area contributed by atoms with Gasteiger partial charge >= 0.3 is 0 Å². The molecule has 3 nitrogen and oxygen atoms in total. The van der Waals surface area contributed by atoms with Crippen molar-refractivity contribution in [1.82, 2.24) is 9.80 Å². The summed E-state index contributed by atoms with van der Waals surface area (Å²) in [5, 5.41) is 2.57. The number of hydrogen-bond donors (Lipinski definition) is 0. The number of hydrogen-bond acceptors (Lipinski definition) is 3. The summed E-state index contributed by atoms with van der Waals surface area (Å²) < 4.78 is 6.03. The number of benzene rings is 3. The molecule has 0 amide bonds. The average molecular weight is 417 g/mol. The van der Waals surface area contributed by atoms with Gasteiger partial charge in [0.1, 0.15) is 5.75 Å². The highest BCUT2D eigenvalue weighted by Crippen LogP contribution is 2.23. The monoisotopic (exact) mass is 416 g/mol. The minimum atomic E-state index is 0.793. The molecule has 31 heavy (non-hydrogen) atoms. The first-order valence-corrected chi connectivity index (χ1v) is 11.9. The second kappa shape index (κ2) is 11.3. The lowest BCUT2D eigenvalue weighted by Crippen LogP contribution is -2.28. The molecule has 1 heterocycles. The molecule has 0 aromatic heterocycles. The normalized spacial score (nSPS) is 15.8. The zero-order valence-corrected chi connectivity index (χ0v) is 18.9. The molecule has 3 aromatic rings. The van der Waals surface area contributed by atoms with Gasteiger partial charge in [-0.2, -0.15) is 0 Å². The van der Waals surface area contributed by atoms with Crippen LogP contribution >= 0.6 is 0 Å². The molecule has 0 radical (unpaired) electrons. The lowest BCUT2D eigenvalue weighted by atomic mass is 10.1. The Balaban J connectivity index is 1.23. The first-order valence-electron chi connectivity index (χ1n) is 11.9. The lowest BCUT2D eigenvalue weighted by molar-refractivity contribution is 0.269. The van der Waals surface area contributed by atoms with Gasteiger partial charge in [0, 0.05) is 19.6 Å². The summed E-state index contributed by atoms with van der Waals surface area (Å²) in [6.07, 6.45) is 5.96. The van der Waals surface area contributed by atoms with Crippen molar-refractivity contribution in [2.24, 2.45) is 0 Å². The molecule has 3 aromatic carbocycles. The summed E-state index contributed by atoms with van der Waals surface area (Å²) >= 11 is 0. The number of unbranched alkanes of at least 4 members (excludes halogenated alkanes) is 2. The van der Waals surface area contributed by atoms with Crippen LogP contribution in [0, 0.1) is 0 Å². The van der Waals surface area contributed by atoms with Gasteiger partial charge in [0.05, 0.1) is 6.61 Å². The quantitative estimate of drug-likeness (QED) is 0.412. The van der Waals surface area contributed by atoms with Crippen molar-refractivity contribution in [3.63, 3.8) is 0 Å². The van der Waals surface area contributed by atoms with Crippen LogP contribution in [0.4, 0.5) is 0 Å². The van der Waals surface area contributed by atoms with Crippen molar-refractivity contribution in [2.45, 2.75) is 38.6 Å². The number of likely N-dealkylation sites (N-methyl/N-ethyl adjacent to an activating group) is 1. The van der Waals surface area contributed by atoms with Crippen molar-refractivity contribution >= 4 is 10.8 Å². The van der Waals surface area contributed by atoms with E-state index in [4.69, 9.17) is 4.74 Å². The summed E-state index contributed by atoms with van der Waals surface area (Å²) in [7, 11) is 2.23. The Bertz CT molecular complexity index is 940. The summed E-state index contributed by atoms with van der Waals surface area (Å²) in [6.45, 7) is 6.57. The van der Waals surface area contributed by atoms with Crippen LogP contribution in [-0.2, 0) is 13.0 Å². The Hall–Kier alpha value is -2.36. The minimum absolute atomic E-state index is 0.793. The standard InChI is InChI=1S/C28H36N2O/c1-29-16-8-17-30(19-18-29)23-25-12-13-27-22-28(15-14-26(27)21-25)31-20-7-3-6-11-24-9-4-2-5-10-24/h2,4-5,9-10,12-15,21-22H,3,6-8,11,16-20,23H2,1H3. The fourth-order valence-corrected chi connectivity index (χ4v) is 4.42. The summed E-state index contributed by atoms with van der Waals surface area (Å²) in [5.74, 6) is 0.985. The van der Waals surface area contributed by atoms with Crippen molar-refractivity contribution in [1.29, 1.82) is 0 Å². The van der Waals surface area contributed by atoms with Gasteiger partial charge in [-0.25, -0.2) is 0 Å². The fourth-order valence-electron chi connectivity index (χ4n) is 4.42. The molecule has 0 unspecified atom stereocenters. The van der Waals surface area contributed by atoms with Gasteiger partial charge in [-0.05, 0) is 92.3 Å². The molecular weight excluding hydrogens is 380 g/mol. The van der Waals surface area contributed by atoms with Crippen molar-refractivity contribution in [3.8, 4) is 5.75 Å². The smallest absolute Gasteiger partial charge is 0.119 e. The molecule has 0 spiro atoms. The van der Waals surface area contributed by atoms with E-state index in [0.717, 1.165) is 38.3 Å². The third-order valence-corrected chi connectivity index (χ3v) is 6.32. The van der Waals surface area contributed by atoms with E-state index in [1.807, 2.05) is 0 Å². The minimum Gasteiger partial charge on any atom is -0.494 e. The highest BCUT2D eigenvalue weighted by molar-refractivity contribution is 5.84. The molecule has 3 heteroatoms. The van der Waals surface area contributed by atoms with Crippen LogP contribution in [0.15, 0.2) is 66.7 Å². The van der Waals surface area contributed by atoms with Crippen LogP contribution < -0.4 is 4.74 Å². The molecule has 1 aliphatic rings. The van der Waals surface area contributed by atoms with Gasteiger partial charge in [0.2, 0.25) is 0 Å². The van der Waals surface area contributed by atoms with Crippen molar-refractivity contribution < 1.29 is 4.74 Å². The van der Waals surface area contributed by atoms with Gasteiger partial charge in [-0.1, -0.05) is 48.5 Å². The predicted molar refractivity (Wildman–Crippen MR) is 131 cm³/mol. The number of nitrogens with zero attached hydrogens (tertiary/aromatic N) is 2. The lowest BCUT2D eigenvalue weighted by Gasteiger charge is -2.20. The first-order chi connectivity index (χ1) is 15.3. The molecular formula is C28H36N2O. The second-order valence-corrected chi connectivity index (χ2v) is 8.92. The summed E-state index contributed by atoms with van der Waals surface area (Å²) in [6, 6.07) is 24.1. The molecule has 0 bridgehead atoms. The number of ether oxygens (including phenoxy) is 1. The molecule has 4 rings (SSSR count). The van der Waals surface area contributed by atoms with E-state index in [2.05, 4.69) is 83.6 Å². The third kappa shape index (κ3) is 6.81. The maximum atomic E-state index is 6.03. The predicted octanol–water partition coefficient (Wildman–Crippen LogP) is 5.77. The van der Waals surface area contributed by atoms with Crippen LogP contribution in [0.2, 0.25) is 0 Å². The molecule has 0 N–H and O–H groups in total. The van der Waals surface area contributed by atoms with Crippen LogP contribution in [0.5, 0.6) is 5.75 Å². The van der Waals surface area contributed by atoms with E-state index in [-0.39, 0.29) is 0 Å². The Morgan fingerprint density at radius 1 is 0.742 bits per heavy atom. The first kappa shape index (κ1) is 21.9. The zero-order valence-electron chi connectivity index (χ0n) is 18.9. The van der Waals surface area contributed by atoms with Crippen LogP contribution in [-0.4, -0.2) is 49.6 Å². The number of rotatable bonds is 9. The third-order valence-electron chi connectivity index (χ3n) is 6.32. The molecule has 0 atom stereocenters. The maximum absolute atomic E-state index is 6.03. The number of aryl methyl sites for hydroxylation is 1. The Labute approximate surface area is 187 Å². The van der Waals surface area contributed by atoms with E-state index in [9.17, 15) is 0 Å². The van der Waals surface area contributed by atoms with Gasteiger partial charge in [0.25, 0.3) is 0 Å². The molecule has 1 fully saturated rings. The van der Waals surface area contributed by atoms with E-state index in [1.165, 1.54) is 60.8 Å². The second-order valence-electron chi connectivity index (χ2n) is 8.92. The Morgan fingerprint density at radius 2 is 1.58 bits per heavy atom. The highest BCUT2D eigenvalue weighted by atomic mass is 16.5. The molecule has 0 saturated carbocycles. The topological polar surface area (TPSA) is 15.7 Å². The van der Waals surface area contributed by atoms with Crippen molar-refractivity contribution in [2.75, 3.05) is 39.8 Å². The largest absolute Gasteiger partial charge is 0.494 e. The Morgan fingerprint density at radius 3 is 2.48 bits per heavy atom. The van der Waals surface area contributed by atoms with Crippen molar-refractivity contribution in [3.05, 3.63) is 77.9 Å². The van der Waals surface area contributed by atoms with E-state index in [1.54, 1.807) is 0 Å². The molecule has 1 aliphatic heterocycles. The van der Waals surface area contributed by atoms with Gasteiger partial charge in [-0.3, -0.25) is 4.90 Å². The average Bonchev–Trinajstić information content (AvgIpc) is 3.00.